The molecule has 1 fully saturated rings. The van der Waals surface area contributed by atoms with Gasteiger partial charge in [-0.1, -0.05) is 30.3 Å². The van der Waals surface area contributed by atoms with Crippen molar-refractivity contribution in [3.05, 3.63) is 60.2 Å². The van der Waals surface area contributed by atoms with E-state index in [0.717, 1.165) is 17.7 Å². The summed E-state index contributed by atoms with van der Waals surface area (Å²) < 4.78 is 7.46. The number of amides is 3. The summed E-state index contributed by atoms with van der Waals surface area (Å²) in [6.45, 7) is 3.10. The molecule has 0 aliphatic carbocycles. The first-order valence-corrected chi connectivity index (χ1v) is 11.0. The molecule has 2 aliphatic heterocycles. The predicted octanol–water partition coefficient (Wildman–Crippen LogP) is 2.80. The largest absolute Gasteiger partial charge is 0.494 e. The molecule has 3 heterocycles. The molecule has 0 radical (unpaired) electrons. The van der Waals surface area contributed by atoms with Gasteiger partial charge in [0, 0.05) is 26.2 Å². The van der Waals surface area contributed by atoms with Crippen molar-refractivity contribution in [2.24, 2.45) is 0 Å². The number of likely N-dealkylation sites (N-methyl/N-ethyl adjacent to an activating group) is 2. The van der Waals surface area contributed by atoms with Gasteiger partial charge < -0.3 is 14.5 Å². The van der Waals surface area contributed by atoms with Crippen molar-refractivity contribution in [3.8, 4) is 17.1 Å². The lowest BCUT2D eigenvalue weighted by Gasteiger charge is -2.40. The Hall–Kier alpha value is -3.88. The molecule has 0 spiro atoms. The number of nitrogens with zero attached hydrogens (tertiary/aromatic N) is 6. The van der Waals surface area contributed by atoms with Crippen LogP contribution >= 0.6 is 0 Å². The normalized spacial score (nSPS) is 19.7. The average Bonchev–Trinajstić information content (AvgIpc) is 3.40. The van der Waals surface area contributed by atoms with E-state index in [2.05, 4.69) is 22.3 Å². The van der Waals surface area contributed by atoms with Crippen molar-refractivity contribution in [2.45, 2.75) is 25.6 Å². The number of ether oxygens (including phenoxy) is 1. The summed E-state index contributed by atoms with van der Waals surface area (Å²) in [5.74, 6) is 1.74. The summed E-state index contributed by atoms with van der Waals surface area (Å²) in [5.41, 5.74) is 2.01. The highest BCUT2D eigenvalue weighted by Gasteiger charge is 2.54. The highest BCUT2D eigenvalue weighted by molar-refractivity contribution is 6.02. The highest BCUT2D eigenvalue weighted by atomic mass is 16.5. The molecule has 1 saturated heterocycles. The van der Waals surface area contributed by atoms with E-state index in [4.69, 9.17) is 4.74 Å². The summed E-state index contributed by atoms with van der Waals surface area (Å²) in [4.78, 5) is 30.8. The Labute approximate surface area is 192 Å². The lowest BCUT2D eigenvalue weighted by molar-refractivity contribution is -0.133. The van der Waals surface area contributed by atoms with Gasteiger partial charge in [-0.05, 0) is 43.2 Å². The second kappa shape index (κ2) is 8.23. The molecular formula is C24H26N6O3. The second-order valence-corrected chi connectivity index (χ2v) is 8.23. The Morgan fingerprint density at radius 2 is 1.70 bits per heavy atom. The molecule has 2 unspecified atom stereocenters. The summed E-state index contributed by atoms with van der Waals surface area (Å²) in [5, 5.41) is 8.92. The Kier molecular flexibility index (Phi) is 5.24. The number of carbonyl (C=O) groups excluding carboxylic acids is 2. The first-order chi connectivity index (χ1) is 16.0. The van der Waals surface area contributed by atoms with Crippen LogP contribution in [0.1, 0.15) is 18.7 Å². The van der Waals surface area contributed by atoms with Gasteiger partial charge >= 0.3 is 6.03 Å². The third-order valence-corrected chi connectivity index (χ3v) is 6.29. The Balaban J connectivity index is 1.55. The minimum atomic E-state index is -0.562. The van der Waals surface area contributed by atoms with E-state index in [1.807, 2.05) is 58.9 Å². The Morgan fingerprint density at radius 1 is 0.970 bits per heavy atom. The average molecular weight is 447 g/mol. The SMILES string of the molecule is CCOc1ccc(-c2nnc3n2C2C(C(=O)N(C)C(=O)N2C)N3CCc2ccccc2)cc1. The van der Waals surface area contributed by atoms with Gasteiger partial charge in [0.05, 0.1) is 6.61 Å². The lowest BCUT2D eigenvalue weighted by atomic mass is 10.1. The highest BCUT2D eigenvalue weighted by Crippen LogP contribution is 2.42. The topological polar surface area (TPSA) is 83.8 Å². The molecule has 0 saturated carbocycles. The van der Waals surface area contributed by atoms with E-state index in [1.54, 1.807) is 11.9 Å². The van der Waals surface area contributed by atoms with Crippen LogP contribution in [0.25, 0.3) is 11.4 Å². The fraction of sp³-hybridized carbons (Fsp3) is 0.333. The van der Waals surface area contributed by atoms with Gasteiger partial charge in [0.2, 0.25) is 5.95 Å². The zero-order valence-corrected chi connectivity index (χ0v) is 18.9. The van der Waals surface area contributed by atoms with Crippen LogP contribution in [-0.2, 0) is 11.2 Å². The third-order valence-electron chi connectivity index (χ3n) is 6.29. The summed E-state index contributed by atoms with van der Waals surface area (Å²) in [7, 11) is 3.24. The number of benzene rings is 2. The number of anilines is 1. The van der Waals surface area contributed by atoms with Crippen molar-refractivity contribution in [1.29, 1.82) is 0 Å². The maximum atomic E-state index is 13.3. The molecule has 0 bridgehead atoms. The smallest absolute Gasteiger partial charge is 0.327 e. The fourth-order valence-electron chi connectivity index (χ4n) is 4.63. The fourth-order valence-corrected chi connectivity index (χ4v) is 4.63. The molecule has 2 aromatic carbocycles. The van der Waals surface area contributed by atoms with Crippen molar-refractivity contribution in [2.75, 3.05) is 32.1 Å². The number of carbonyl (C=O) groups is 2. The molecule has 2 aliphatic rings. The lowest BCUT2D eigenvalue weighted by Crippen LogP contribution is -2.61. The third kappa shape index (κ3) is 3.40. The monoisotopic (exact) mass is 446 g/mol. The van der Waals surface area contributed by atoms with Gasteiger partial charge in [-0.15, -0.1) is 10.2 Å². The number of fused-ring (bicyclic) bond motifs is 3. The predicted molar refractivity (Wildman–Crippen MR) is 123 cm³/mol. The van der Waals surface area contributed by atoms with Crippen LogP contribution in [0.4, 0.5) is 10.7 Å². The van der Waals surface area contributed by atoms with Gasteiger partial charge in [0.15, 0.2) is 11.9 Å². The maximum Gasteiger partial charge on any atom is 0.327 e. The molecule has 0 N–H and O–H groups in total. The molecule has 3 amide bonds. The number of rotatable bonds is 6. The molecular weight excluding hydrogens is 420 g/mol. The molecule has 9 nitrogen and oxygen atoms in total. The summed E-state index contributed by atoms with van der Waals surface area (Å²) in [6, 6.07) is 16.8. The zero-order valence-electron chi connectivity index (χ0n) is 18.9. The van der Waals surface area contributed by atoms with Crippen molar-refractivity contribution in [3.63, 3.8) is 0 Å². The number of aromatic nitrogens is 3. The Bertz CT molecular complexity index is 1180. The van der Waals surface area contributed by atoms with Gasteiger partial charge in [0.1, 0.15) is 11.9 Å². The van der Waals surface area contributed by atoms with Gasteiger partial charge in [-0.3, -0.25) is 14.3 Å². The van der Waals surface area contributed by atoms with Gasteiger partial charge in [-0.25, -0.2) is 4.79 Å². The quantitative estimate of drug-likeness (QED) is 0.579. The van der Waals surface area contributed by atoms with Crippen LogP contribution in [0.3, 0.4) is 0 Å². The van der Waals surface area contributed by atoms with E-state index >= 15 is 0 Å². The molecule has 2 atom stereocenters. The standard InChI is InChI=1S/C24H26N6O3/c1-4-33-18-12-10-17(11-13-18)20-25-26-23-29(15-14-16-8-6-5-7-9-16)19-21(30(20)23)27(2)24(32)28(3)22(19)31/h5-13,19,21H,4,14-15H2,1-3H3. The van der Waals surface area contributed by atoms with Crippen LogP contribution in [0.2, 0.25) is 0 Å². The Morgan fingerprint density at radius 3 is 2.39 bits per heavy atom. The molecule has 9 heteroatoms. The summed E-state index contributed by atoms with van der Waals surface area (Å²) >= 11 is 0. The number of imide groups is 1. The number of hydrogen-bond acceptors (Lipinski definition) is 6. The second-order valence-electron chi connectivity index (χ2n) is 8.23. The van der Waals surface area contributed by atoms with Crippen LogP contribution in [0, 0.1) is 0 Å². The van der Waals surface area contributed by atoms with Crippen molar-refractivity contribution in [1.82, 2.24) is 24.6 Å². The molecule has 170 valence electrons. The van der Waals surface area contributed by atoms with E-state index < -0.39 is 12.2 Å². The van der Waals surface area contributed by atoms with Crippen LogP contribution in [0.15, 0.2) is 54.6 Å². The maximum absolute atomic E-state index is 13.3. The van der Waals surface area contributed by atoms with E-state index in [1.165, 1.54) is 17.5 Å². The minimum absolute atomic E-state index is 0.237. The first kappa shape index (κ1) is 21.0. The van der Waals surface area contributed by atoms with Crippen molar-refractivity contribution < 1.29 is 14.3 Å². The van der Waals surface area contributed by atoms with Gasteiger partial charge in [-0.2, -0.15) is 0 Å². The van der Waals surface area contributed by atoms with Gasteiger partial charge in [0.25, 0.3) is 5.91 Å². The number of hydrogen-bond donors (Lipinski definition) is 0. The zero-order chi connectivity index (χ0) is 23.1. The molecule has 5 rings (SSSR count). The van der Waals surface area contributed by atoms with E-state index in [0.29, 0.717) is 24.9 Å². The van der Waals surface area contributed by atoms with Crippen molar-refractivity contribution >= 4 is 17.9 Å². The molecule has 33 heavy (non-hydrogen) atoms. The number of urea groups is 1. The van der Waals surface area contributed by atoms with Crippen LogP contribution in [-0.4, -0.2) is 69.8 Å². The molecule has 3 aromatic rings. The van der Waals surface area contributed by atoms with E-state index in [9.17, 15) is 9.59 Å². The van der Waals surface area contributed by atoms with Crippen LogP contribution < -0.4 is 9.64 Å². The van der Waals surface area contributed by atoms with Crippen LogP contribution in [0.5, 0.6) is 5.75 Å². The first-order valence-electron chi connectivity index (χ1n) is 11.0. The summed E-state index contributed by atoms with van der Waals surface area (Å²) in [6.07, 6.45) is 0.216. The minimum Gasteiger partial charge on any atom is -0.494 e. The molecule has 1 aromatic heterocycles. The van der Waals surface area contributed by atoms with E-state index in [-0.39, 0.29) is 11.9 Å².